The second-order valence-corrected chi connectivity index (χ2v) is 4.26. The van der Waals surface area contributed by atoms with Crippen molar-refractivity contribution in [3.63, 3.8) is 0 Å². The molecule has 1 aromatic carbocycles. The molecule has 0 amide bonds. The molecule has 0 atom stereocenters. The summed E-state index contributed by atoms with van der Waals surface area (Å²) in [5, 5.41) is 0.581. The summed E-state index contributed by atoms with van der Waals surface area (Å²) in [6, 6.07) is 6.91. The summed E-state index contributed by atoms with van der Waals surface area (Å²) >= 11 is 0. The van der Waals surface area contributed by atoms with E-state index >= 15 is 0 Å². The molecule has 0 aliphatic carbocycles. The van der Waals surface area contributed by atoms with Crippen molar-refractivity contribution < 1.29 is 13.2 Å². The van der Waals surface area contributed by atoms with Gasteiger partial charge >= 0.3 is 6.18 Å². The summed E-state index contributed by atoms with van der Waals surface area (Å²) < 4.78 is 38.7. The average molecular weight is 239 g/mol. The molecular formula is C13H12F3N. The molecule has 90 valence electrons. The molecular weight excluding hydrogens is 227 g/mol. The summed E-state index contributed by atoms with van der Waals surface area (Å²) in [4.78, 5) is 3.87. The number of hydrogen-bond acceptors (Lipinski definition) is 1. The minimum absolute atomic E-state index is 0.195. The molecule has 0 radical (unpaired) electrons. The van der Waals surface area contributed by atoms with E-state index in [4.69, 9.17) is 0 Å². The number of fused-ring (bicyclic) bond motifs is 1. The first-order valence-electron chi connectivity index (χ1n) is 5.36. The maximum Gasteiger partial charge on any atom is 0.418 e. The van der Waals surface area contributed by atoms with Crippen LogP contribution < -0.4 is 0 Å². The highest BCUT2D eigenvalue weighted by molar-refractivity contribution is 5.83. The molecule has 0 fully saturated rings. The average Bonchev–Trinajstić information content (AvgIpc) is 2.26. The number of hydrogen-bond donors (Lipinski definition) is 0. The number of pyridine rings is 1. The Morgan fingerprint density at radius 2 is 1.76 bits per heavy atom. The van der Waals surface area contributed by atoms with E-state index in [1.165, 1.54) is 0 Å². The van der Waals surface area contributed by atoms with Crippen LogP contribution in [0.3, 0.4) is 0 Å². The van der Waals surface area contributed by atoms with Gasteiger partial charge in [0, 0.05) is 11.6 Å². The Balaban J connectivity index is 2.82. The zero-order valence-electron chi connectivity index (χ0n) is 9.55. The number of halogens is 3. The van der Waals surface area contributed by atoms with Crippen LogP contribution in [0.5, 0.6) is 0 Å². The molecule has 2 aromatic rings. The summed E-state index contributed by atoms with van der Waals surface area (Å²) in [5.74, 6) is -0.195. The number of rotatable bonds is 1. The Labute approximate surface area is 97.3 Å². The highest BCUT2D eigenvalue weighted by atomic mass is 19.4. The zero-order chi connectivity index (χ0) is 12.6. The fraction of sp³-hybridized carbons (Fsp3) is 0.308. The molecule has 0 bridgehead atoms. The normalized spacial score (nSPS) is 12.4. The van der Waals surface area contributed by atoms with E-state index in [2.05, 4.69) is 4.98 Å². The van der Waals surface area contributed by atoms with Crippen molar-refractivity contribution in [2.45, 2.75) is 25.9 Å². The highest BCUT2D eigenvalue weighted by Gasteiger charge is 2.35. The smallest absolute Gasteiger partial charge is 0.256 e. The second-order valence-electron chi connectivity index (χ2n) is 4.26. The Morgan fingerprint density at radius 1 is 1.12 bits per heavy atom. The van der Waals surface area contributed by atoms with Gasteiger partial charge in [-0.25, -0.2) is 0 Å². The fourth-order valence-corrected chi connectivity index (χ4v) is 2.01. The van der Waals surface area contributed by atoms with Crippen LogP contribution in [0.4, 0.5) is 13.2 Å². The third kappa shape index (κ3) is 2.12. The van der Waals surface area contributed by atoms with Gasteiger partial charge in [0.2, 0.25) is 0 Å². The number of alkyl halides is 3. The van der Waals surface area contributed by atoms with Crippen molar-refractivity contribution >= 4 is 10.9 Å². The summed E-state index contributed by atoms with van der Waals surface area (Å²) in [6.07, 6.45) is -3.42. The predicted molar refractivity (Wildman–Crippen MR) is 60.8 cm³/mol. The van der Waals surface area contributed by atoms with Crippen molar-refractivity contribution in [3.05, 3.63) is 41.6 Å². The van der Waals surface area contributed by atoms with Crippen LogP contribution in [0.25, 0.3) is 10.9 Å². The molecule has 1 nitrogen and oxygen atoms in total. The number of benzene rings is 1. The Bertz CT molecular complexity index is 544. The number of aromatic nitrogens is 1. The van der Waals surface area contributed by atoms with Crippen LogP contribution in [-0.2, 0) is 6.18 Å². The molecule has 0 N–H and O–H groups in total. The molecule has 17 heavy (non-hydrogen) atoms. The van der Waals surface area contributed by atoms with Gasteiger partial charge in [-0.1, -0.05) is 32.0 Å². The van der Waals surface area contributed by atoms with Crippen LogP contribution in [0.1, 0.15) is 30.9 Å². The molecule has 0 saturated heterocycles. The first-order valence-corrected chi connectivity index (χ1v) is 5.36. The summed E-state index contributed by atoms with van der Waals surface area (Å²) in [6.45, 7) is 3.52. The predicted octanol–water partition coefficient (Wildman–Crippen LogP) is 4.38. The maximum absolute atomic E-state index is 12.9. The van der Waals surface area contributed by atoms with E-state index in [1.54, 1.807) is 38.1 Å². The number of para-hydroxylation sites is 1. The first-order chi connectivity index (χ1) is 7.91. The lowest BCUT2D eigenvalue weighted by Crippen LogP contribution is -2.11. The minimum atomic E-state index is -4.35. The molecule has 0 aliphatic rings. The van der Waals surface area contributed by atoms with Gasteiger partial charge in [0.05, 0.1) is 11.1 Å². The minimum Gasteiger partial charge on any atom is -0.256 e. The lowest BCUT2D eigenvalue weighted by molar-refractivity contribution is -0.138. The molecule has 1 heterocycles. The fourth-order valence-electron chi connectivity index (χ4n) is 2.01. The van der Waals surface area contributed by atoms with Crippen molar-refractivity contribution in [2.75, 3.05) is 0 Å². The van der Waals surface area contributed by atoms with Crippen LogP contribution in [0.15, 0.2) is 30.5 Å². The van der Waals surface area contributed by atoms with Crippen LogP contribution >= 0.6 is 0 Å². The Hall–Kier alpha value is -1.58. The van der Waals surface area contributed by atoms with Gasteiger partial charge in [0.1, 0.15) is 0 Å². The Kier molecular flexibility index (Phi) is 2.81. The molecule has 0 aliphatic heterocycles. The van der Waals surface area contributed by atoms with Crippen molar-refractivity contribution in [1.29, 1.82) is 0 Å². The number of nitrogens with zero attached hydrogens (tertiary/aromatic N) is 1. The monoisotopic (exact) mass is 239 g/mol. The van der Waals surface area contributed by atoms with Crippen molar-refractivity contribution in [1.82, 2.24) is 4.98 Å². The topological polar surface area (TPSA) is 12.9 Å². The van der Waals surface area contributed by atoms with Gasteiger partial charge in [0.25, 0.3) is 0 Å². The maximum atomic E-state index is 12.9. The van der Waals surface area contributed by atoms with Gasteiger partial charge in [-0.2, -0.15) is 13.2 Å². The van der Waals surface area contributed by atoms with Crippen LogP contribution in [-0.4, -0.2) is 4.98 Å². The zero-order valence-corrected chi connectivity index (χ0v) is 9.55. The first kappa shape index (κ1) is 11.9. The molecule has 1 aromatic heterocycles. The largest absolute Gasteiger partial charge is 0.418 e. The standard InChI is InChI=1S/C13H12F3N/c1-8(2)12-9-5-3-4-6-11(9)17-7-10(12)13(14,15)16/h3-8H,1-2H3. The molecule has 4 heteroatoms. The van der Waals surface area contributed by atoms with E-state index in [9.17, 15) is 13.2 Å². The molecule has 0 unspecified atom stereocenters. The lowest BCUT2D eigenvalue weighted by Gasteiger charge is -2.17. The van der Waals surface area contributed by atoms with Gasteiger partial charge in [-0.05, 0) is 17.5 Å². The molecule has 2 rings (SSSR count). The van der Waals surface area contributed by atoms with E-state index in [1.807, 2.05) is 0 Å². The molecule has 0 spiro atoms. The lowest BCUT2D eigenvalue weighted by atomic mass is 9.94. The summed E-state index contributed by atoms with van der Waals surface area (Å²) in [7, 11) is 0. The quantitative estimate of drug-likeness (QED) is 0.719. The van der Waals surface area contributed by atoms with Gasteiger partial charge in [0.15, 0.2) is 0 Å². The molecule has 0 saturated carbocycles. The van der Waals surface area contributed by atoms with Gasteiger partial charge in [-0.3, -0.25) is 4.98 Å². The van der Waals surface area contributed by atoms with E-state index in [0.29, 0.717) is 16.5 Å². The van der Waals surface area contributed by atoms with E-state index in [0.717, 1.165) is 6.20 Å². The third-order valence-corrected chi connectivity index (χ3v) is 2.70. The van der Waals surface area contributed by atoms with Crippen LogP contribution in [0, 0.1) is 0 Å². The third-order valence-electron chi connectivity index (χ3n) is 2.70. The van der Waals surface area contributed by atoms with E-state index in [-0.39, 0.29) is 5.92 Å². The van der Waals surface area contributed by atoms with Gasteiger partial charge < -0.3 is 0 Å². The van der Waals surface area contributed by atoms with Crippen molar-refractivity contribution in [2.24, 2.45) is 0 Å². The second kappa shape index (κ2) is 4.02. The van der Waals surface area contributed by atoms with Gasteiger partial charge in [-0.15, -0.1) is 0 Å². The SMILES string of the molecule is CC(C)c1c(C(F)(F)F)cnc2ccccc12. The van der Waals surface area contributed by atoms with Crippen LogP contribution in [0.2, 0.25) is 0 Å². The van der Waals surface area contributed by atoms with Crippen molar-refractivity contribution in [3.8, 4) is 0 Å². The van der Waals surface area contributed by atoms with E-state index < -0.39 is 11.7 Å². The summed E-state index contributed by atoms with van der Waals surface area (Å²) in [5.41, 5.74) is 0.290. The highest BCUT2D eigenvalue weighted by Crippen LogP contribution is 2.37. The Morgan fingerprint density at radius 3 is 2.35 bits per heavy atom.